The molecule has 31 heavy (non-hydrogen) atoms. The first-order valence-corrected chi connectivity index (χ1v) is 11.8. The Bertz CT molecular complexity index is 1080. The number of nitrogens with zero attached hydrogens (tertiary/aromatic N) is 3. The summed E-state index contributed by atoms with van der Waals surface area (Å²) in [5, 5.41) is 7.74. The Labute approximate surface area is 185 Å². The molecule has 0 amide bonds. The fraction of sp³-hybridized carbons (Fsp3) is 0.348. The molecule has 3 rings (SSSR count). The average molecular weight is 443 g/mol. The molecule has 8 heteroatoms. The number of aromatic nitrogens is 2. The number of hydrogen-bond acceptors (Lipinski definition) is 4. The van der Waals surface area contributed by atoms with Gasteiger partial charge >= 0.3 is 10.4 Å². The molecule has 0 saturated heterocycles. The van der Waals surface area contributed by atoms with Gasteiger partial charge in [-0.2, -0.15) is 14.4 Å². The van der Waals surface area contributed by atoms with Gasteiger partial charge < -0.3 is 10.2 Å². The molecule has 1 atom stereocenters. The maximum atomic E-state index is 13.0. The first kappa shape index (κ1) is 23.1. The molecule has 3 N–H and O–H groups in total. The second-order valence-electron chi connectivity index (χ2n) is 8.00. The van der Waals surface area contributed by atoms with E-state index in [0.29, 0.717) is 16.3 Å². The molecule has 166 valence electrons. The van der Waals surface area contributed by atoms with Crippen molar-refractivity contribution in [3.05, 3.63) is 65.5 Å². The molecule has 1 heterocycles. The van der Waals surface area contributed by atoms with Crippen LogP contribution in [0.1, 0.15) is 17.0 Å². The first-order chi connectivity index (χ1) is 14.7. The number of aryl methyl sites for hydroxylation is 2. The van der Waals surface area contributed by atoms with Crippen molar-refractivity contribution >= 4 is 16.1 Å². The van der Waals surface area contributed by atoms with Gasteiger partial charge in [-0.05, 0) is 79.2 Å². The quantitative estimate of drug-likeness (QED) is 0.348. The maximum Gasteiger partial charge on any atom is 0.346 e. The largest absolute Gasteiger partial charge is 0.346 e. The third-order valence-corrected chi connectivity index (χ3v) is 6.64. The van der Waals surface area contributed by atoms with Gasteiger partial charge in [0.15, 0.2) is 0 Å². The molecule has 0 aliphatic carbocycles. The normalized spacial score (nSPS) is 13.4. The van der Waals surface area contributed by atoms with E-state index >= 15 is 0 Å². The average Bonchev–Trinajstić information content (AvgIpc) is 2.97. The van der Waals surface area contributed by atoms with Crippen molar-refractivity contribution in [1.82, 2.24) is 20.0 Å². The van der Waals surface area contributed by atoms with Crippen LogP contribution < -0.4 is 10.0 Å². The summed E-state index contributed by atoms with van der Waals surface area (Å²) in [7, 11) is 2.49. The van der Waals surface area contributed by atoms with Crippen molar-refractivity contribution in [3.63, 3.8) is 0 Å². The lowest BCUT2D eigenvalue weighted by Crippen LogP contribution is -2.26. The molecule has 0 spiro atoms. The van der Waals surface area contributed by atoms with E-state index in [9.17, 15) is 8.76 Å². The van der Waals surface area contributed by atoms with Crippen LogP contribution in [-0.4, -0.2) is 46.4 Å². The van der Waals surface area contributed by atoms with E-state index < -0.39 is 10.4 Å². The van der Waals surface area contributed by atoms with Crippen LogP contribution in [0.5, 0.6) is 0 Å². The Kier molecular flexibility index (Phi) is 7.27. The Morgan fingerprint density at radius 2 is 1.81 bits per heavy atom. The molecule has 7 nitrogen and oxygen atoms in total. The minimum atomic E-state index is -3.44. The molecule has 0 aliphatic rings. The highest BCUT2D eigenvalue weighted by atomic mass is 32.3. The van der Waals surface area contributed by atoms with Crippen LogP contribution in [0.2, 0.25) is 0 Å². The van der Waals surface area contributed by atoms with E-state index in [1.165, 1.54) is 5.56 Å². The van der Waals surface area contributed by atoms with Crippen molar-refractivity contribution in [3.8, 4) is 11.1 Å². The van der Waals surface area contributed by atoms with Gasteiger partial charge in [0, 0.05) is 26.7 Å². The van der Waals surface area contributed by atoms with E-state index in [2.05, 4.69) is 52.3 Å². The zero-order valence-electron chi connectivity index (χ0n) is 18.8. The summed E-state index contributed by atoms with van der Waals surface area (Å²) in [6.07, 6.45) is 0. The highest BCUT2D eigenvalue weighted by molar-refractivity contribution is 7.99. The van der Waals surface area contributed by atoms with Crippen molar-refractivity contribution in [2.45, 2.75) is 25.3 Å². The first-order valence-electron chi connectivity index (χ1n) is 10.3. The van der Waals surface area contributed by atoms with E-state index in [0.717, 1.165) is 36.5 Å². The highest BCUT2D eigenvalue weighted by Crippen LogP contribution is 2.28. The second kappa shape index (κ2) is 9.74. The van der Waals surface area contributed by atoms with Gasteiger partial charge in [0.1, 0.15) is 5.69 Å². The van der Waals surface area contributed by atoms with Crippen LogP contribution in [0.3, 0.4) is 0 Å². The van der Waals surface area contributed by atoms with Gasteiger partial charge in [0.05, 0.1) is 11.4 Å². The molecule has 0 bridgehead atoms. The Morgan fingerprint density at radius 3 is 2.42 bits per heavy atom. The summed E-state index contributed by atoms with van der Waals surface area (Å²) < 4.78 is 28.1. The fourth-order valence-corrected chi connectivity index (χ4v) is 4.54. The van der Waals surface area contributed by atoms with Gasteiger partial charge in [0.2, 0.25) is 4.90 Å². The van der Waals surface area contributed by atoms with Crippen molar-refractivity contribution < 1.29 is 8.76 Å². The Balaban J connectivity index is 1.72. The molecule has 0 fully saturated rings. The topological polar surface area (TPSA) is 82.4 Å². The van der Waals surface area contributed by atoms with E-state index in [1.807, 2.05) is 39.1 Å². The van der Waals surface area contributed by atoms with Crippen LogP contribution in [-0.2, 0) is 28.2 Å². The van der Waals surface area contributed by atoms with Crippen molar-refractivity contribution in [2.75, 3.05) is 31.9 Å². The third-order valence-electron chi connectivity index (χ3n) is 5.25. The Hall–Kier alpha value is -2.52. The lowest BCUT2D eigenvalue weighted by atomic mass is 10.0. The Morgan fingerprint density at radius 1 is 1.10 bits per heavy atom. The number of nitrogens with one attached hydrogen (secondary N) is 2. The number of rotatable bonds is 9. The molecule has 0 radical (unpaired) electrons. The lowest BCUT2D eigenvalue weighted by molar-refractivity contribution is 0.400. The number of anilines is 1. The predicted octanol–water partition coefficient (Wildman–Crippen LogP) is 3.71. The third kappa shape index (κ3) is 5.80. The van der Waals surface area contributed by atoms with Gasteiger partial charge in [-0.1, -0.05) is 18.2 Å². The summed E-state index contributed by atoms with van der Waals surface area (Å²) in [5.41, 5.74) is 5.38. The maximum absolute atomic E-state index is 13.0. The number of likely N-dealkylation sites (N-methyl/N-ethyl adjacent to an activating group) is 1. The monoisotopic (exact) mass is 442 g/mol. The molecule has 1 unspecified atom stereocenters. The molecule has 3 aromatic rings. The molecular formula is C23H32N5O2S+. The lowest BCUT2D eigenvalue weighted by Gasteiger charge is -2.11. The zero-order valence-corrected chi connectivity index (χ0v) is 19.7. The standard InChI is InChI=1S/C23H31N5O2S/c1-17-23(18(2)28(5)25-17)26-31(29,30)22-11-9-20(10-12-22)21-8-6-7-19(15-21)16-24-13-14-27(3)4/h6-12,15,24H,13-14,16H2,1-5H3,(H-,26,29,30)/p+1. The molecule has 1 aromatic heterocycles. The van der Waals surface area contributed by atoms with Crippen molar-refractivity contribution in [1.29, 1.82) is 0 Å². The molecule has 0 aliphatic heterocycles. The zero-order chi connectivity index (χ0) is 22.6. The van der Waals surface area contributed by atoms with Crippen LogP contribution in [0, 0.1) is 13.8 Å². The fourth-order valence-electron chi connectivity index (χ4n) is 3.35. The van der Waals surface area contributed by atoms with Gasteiger partial charge in [-0.15, -0.1) is 0 Å². The highest BCUT2D eigenvalue weighted by Gasteiger charge is 2.31. The van der Waals surface area contributed by atoms with Crippen LogP contribution in [0.4, 0.5) is 5.69 Å². The summed E-state index contributed by atoms with van der Waals surface area (Å²) in [6, 6.07) is 15.5. The van der Waals surface area contributed by atoms with Gasteiger partial charge in [-0.25, -0.2) is 0 Å². The smallest absolute Gasteiger partial charge is 0.311 e. The van der Waals surface area contributed by atoms with Crippen LogP contribution >= 0.6 is 0 Å². The molecule has 2 aromatic carbocycles. The molecular weight excluding hydrogens is 410 g/mol. The number of hydrogen-bond donors (Lipinski definition) is 3. The van der Waals surface area contributed by atoms with E-state index in [1.54, 1.807) is 16.8 Å². The van der Waals surface area contributed by atoms with Crippen LogP contribution in [0.25, 0.3) is 11.1 Å². The second-order valence-corrected chi connectivity index (χ2v) is 9.73. The summed E-state index contributed by atoms with van der Waals surface area (Å²) >= 11 is 0. The van der Waals surface area contributed by atoms with Gasteiger partial charge in [-0.3, -0.25) is 4.68 Å². The minimum Gasteiger partial charge on any atom is -0.311 e. The SMILES string of the molecule is Cc1nn(C)c(C)c1N[S+](=O)(O)c1ccc(-c2cccc(CNCCN(C)C)c2)cc1. The molecule has 0 saturated carbocycles. The van der Waals surface area contributed by atoms with Gasteiger partial charge in [0.25, 0.3) is 0 Å². The number of benzene rings is 2. The summed E-state index contributed by atoms with van der Waals surface area (Å²) in [6.45, 7) is 6.41. The van der Waals surface area contributed by atoms with E-state index in [-0.39, 0.29) is 0 Å². The van der Waals surface area contributed by atoms with E-state index in [4.69, 9.17) is 0 Å². The van der Waals surface area contributed by atoms with Crippen LogP contribution in [0.15, 0.2) is 53.4 Å². The minimum absolute atomic E-state index is 0.334. The van der Waals surface area contributed by atoms with Crippen molar-refractivity contribution in [2.24, 2.45) is 7.05 Å². The summed E-state index contributed by atoms with van der Waals surface area (Å²) in [4.78, 5) is 2.48. The predicted molar refractivity (Wildman–Crippen MR) is 127 cm³/mol. The summed E-state index contributed by atoms with van der Waals surface area (Å²) in [5.74, 6) is 0.